The molecule has 1 aliphatic heterocycles. The maximum Gasteiger partial charge on any atom is 0.233 e. The van der Waals surface area contributed by atoms with E-state index in [0.717, 1.165) is 39.1 Å². The second-order valence-electron chi connectivity index (χ2n) is 6.30. The molecular weight excluding hydrogens is 288 g/mol. The predicted octanol–water partition coefficient (Wildman–Crippen LogP) is 1.59. The van der Waals surface area contributed by atoms with E-state index in [-0.39, 0.29) is 5.91 Å². The number of hydrogen-bond donors (Lipinski definition) is 2. The van der Waals surface area contributed by atoms with Crippen molar-refractivity contribution < 1.29 is 4.79 Å². The van der Waals surface area contributed by atoms with E-state index in [9.17, 15) is 4.79 Å². The van der Waals surface area contributed by atoms with E-state index in [1.165, 1.54) is 22.2 Å². The Morgan fingerprint density at radius 2 is 1.91 bits per heavy atom. The van der Waals surface area contributed by atoms with Crippen molar-refractivity contribution in [2.75, 3.05) is 39.8 Å². The summed E-state index contributed by atoms with van der Waals surface area (Å²) < 4.78 is 0. The van der Waals surface area contributed by atoms with Gasteiger partial charge in [-0.3, -0.25) is 14.6 Å². The standard InChI is InChI=1S/C18H26N4O/c1-3-16-11-15-10-14(4-5-17(15)20-16)12-21-6-8-22(9-7-21)13-18(23)19-2/h4-5,10-11,20H,3,6-9,12-13H2,1-2H3,(H,19,23). The number of carbonyl (C=O) groups is 1. The van der Waals surface area contributed by atoms with Crippen LogP contribution in [0.15, 0.2) is 24.3 Å². The molecule has 0 bridgehead atoms. The molecule has 1 aromatic heterocycles. The van der Waals surface area contributed by atoms with Gasteiger partial charge >= 0.3 is 0 Å². The number of H-pyrrole nitrogens is 1. The van der Waals surface area contributed by atoms with Crippen LogP contribution >= 0.6 is 0 Å². The fourth-order valence-corrected chi connectivity index (χ4v) is 3.18. The quantitative estimate of drug-likeness (QED) is 0.881. The minimum Gasteiger partial charge on any atom is -0.358 e. The van der Waals surface area contributed by atoms with Crippen molar-refractivity contribution in [2.45, 2.75) is 19.9 Å². The van der Waals surface area contributed by atoms with Gasteiger partial charge in [0, 0.05) is 51.0 Å². The number of aromatic nitrogens is 1. The molecule has 5 heteroatoms. The molecule has 0 aliphatic carbocycles. The van der Waals surface area contributed by atoms with Crippen molar-refractivity contribution in [3.63, 3.8) is 0 Å². The Hall–Kier alpha value is -1.85. The predicted molar refractivity (Wildman–Crippen MR) is 93.5 cm³/mol. The van der Waals surface area contributed by atoms with Crippen molar-refractivity contribution in [3.8, 4) is 0 Å². The third-order valence-electron chi connectivity index (χ3n) is 4.64. The first-order valence-electron chi connectivity index (χ1n) is 8.43. The molecule has 1 amide bonds. The molecule has 0 radical (unpaired) electrons. The molecule has 0 saturated carbocycles. The van der Waals surface area contributed by atoms with Crippen LogP contribution in [0.3, 0.4) is 0 Å². The number of nitrogens with zero attached hydrogens (tertiary/aromatic N) is 2. The van der Waals surface area contributed by atoms with Gasteiger partial charge in [0.15, 0.2) is 0 Å². The number of rotatable bonds is 5. The second kappa shape index (κ2) is 7.15. The SMILES string of the molecule is CCc1cc2cc(CN3CCN(CC(=O)NC)CC3)ccc2[nH]1. The monoisotopic (exact) mass is 314 g/mol. The Labute approximate surface area is 137 Å². The van der Waals surface area contributed by atoms with Gasteiger partial charge in [-0.25, -0.2) is 0 Å². The minimum absolute atomic E-state index is 0.100. The van der Waals surface area contributed by atoms with Crippen LogP contribution in [0.1, 0.15) is 18.2 Å². The number of aryl methyl sites for hydroxylation is 1. The molecule has 1 fully saturated rings. The van der Waals surface area contributed by atoms with Gasteiger partial charge in [0.2, 0.25) is 5.91 Å². The number of fused-ring (bicyclic) bond motifs is 1. The van der Waals surface area contributed by atoms with Crippen LogP contribution in [0.25, 0.3) is 10.9 Å². The normalized spacial score (nSPS) is 16.8. The van der Waals surface area contributed by atoms with E-state index in [4.69, 9.17) is 0 Å². The van der Waals surface area contributed by atoms with Crippen molar-refractivity contribution in [2.24, 2.45) is 0 Å². The zero-order chi connectivity index (χ0) is 16.2. The van der Waals surface area contributed by atoms with E-state index in [2.05, 4.69) is 51.3 Å². The highest BCUT2D eigenvalue weighted by molar-refractivity contribution is 5.81. The summed E-state index contributed by atoms with van der Waals surface area (Å²) in [6.45, 7) is 7.62. The lowest BCUT2D eigenvalue weighted by Crippen LogP contribution is -2.48. The first-order valence-corrected chi connectivity index (χ1v) is 8.43. The average Bonchev–Trinajstić information content (AvgIpc) is 2.99. The van der Waals surface area contributed by atoms with Crippen LogP contribution in [-0.2, 0) is 17.8 Å². The smallest absolute Gasteiger partial charge is 0.233 e. The van der Waals surface area contributed by atoms with Gasteiger partial charge in [0.1, 0.15) is 0 Å². The lowest BCUT2D eigenvalue weighted by Gasteiger charge is -2.34. The third-order valence-corrected chi connectivity index (χ3v) is 4.64. The number of likely N-dealkylation sites (N-methyl/N-ethyl adjacent to an activating group) is 1. The minimum atomic E-state index is 0.100. The van der Waals surface area contributed by atoms with Gasteiger partial charge in [-0.1, -0.05) is 13.0 Å². The van der Waals surface area contributed by atoms with E-state index in [1.54, 1.807) is 7.05 Å². The molecule has 5 nitrogen and oxygen atoms in total. The first-order chi connectivity index (χ1) is 11.2. The Balaban J connectivity index is 1.57. The van der Waals surface area contributed by atoms with Crippen molar-refractivity contribution in [1.82, 2.24) is 20.1 Å². The summed E-state index contributed by atoms with van der Waals surface area (Å²) in [5.74, 6) is 0.100. The van der Waals surface area contributed by atoms with Gasteiger partial charge < -0.3 is 10.3 Å². The van der Waals surface area contributed by atoms with Crippen molar-refractivity contribution in [1.29, 1.82) is 0 Å². The summed E-state index contributed by atoms with van der Waals surface area (Å²) in [7, 11) is 1.69. The number of piperazine rings is 1. The zero-order valence-electron chi connectivity index (χ0n) is 14.1. The molecule has 23 heavy (non-hydrogen) atoms. The molecule has 2 heterocycles. The largest absolute Gasteiger partial charge is 0.358 e. The summed E-state index contributed by atoms with van der Waals surface area (Å²) in [4.78, 5) is 19.6. The molecule has 124 valence electrons. The van der Waals surface area contributed by atoms with Crippen molar-refractivity contribution >= 4 is 16.8 Å². The fraction of sp³-hybridized carbons (Fsp3) is 0.500. The van der Waals surface area contributed by atoms with E-state index in [1.807, 2.05) is 0 Å². The number of amides is 1. The molecule has 0 unspecified atom stereocenters. The van der Waals surface area contributed by atoms with Crippen molar-refractivity contribution in [3.05, 3.63) is 35.5 Å². The van der Waals surface area contributed by atoms with E-state index in [0.29, 0.717) is 6.54 Å². The summed E-state index contributed by atoms with van der Waals surface area (Å²) >= 11 is 0. The fourth-order valence-electron chi connectivity index (χ4n) is 3.18. The second-order valence-corrected chi connectivity index (χ2v) is 6.30. The van der Waals surface area contributed by atoms with Crippen LogP contribution in [0.5, 0.6) is 0 Å². The lowest BCUT2D eigenvalue weighted by molar-refractivity contribution is -0.122. The summed E-state index contributed by atoms with van der Waals surface area (Å²) in [5.41, 5.74) is 3.87. The summed E-state index contributed by atoms with van der Waals surface area (Å²) in [6, 6.07) is 8.95. The molecule has 2 N–H and O–H groups in total. The Morgan fingerprint density at radius 3 is 2.61 bits per heavy atom. The lowest BCUT2D eigenvalue weighted by atomic mass is 10.1. The molecule has 1 aromatic carbocycles. The number of carbonyl (C=O) groups excluding carboxylic acids is 1. The van der Waals surface area contributed by atoms with Gasteiger partial charge in [0.25, 0.3) is 0 Å². The van der Waals surface area contributed by atoms with Crippen LogP contribution in [0.4, 0.5) is 0 Å². The zero-order valence-corrected chi connectivity index (χ0v) is 14.1. The number of benzene rings is 1. The molecule has 3 rings (SSSR count). The van der Waals surface area contributed by atoms with Gasteiger partial charge in [-0.15, -0.1) is 0 Å². The summed E-state index contributed by atoms with van der Waals surface area (Å²) in [6.07, 6.45) is 1.04. The number of hydrogen-bond acceptors (Lipinski definition) is 3. The van der Waals surface area contributed by atoms with Gasteiger partial charge in [-0.05, 0) is 35.6 Å². The highest BCUT2D eigenvalue weighted by Crippen LogP contribution is 2.19. The topological polar surface area (TPSA) is 51.4 Å². The van der Waals surface area contributed by atoms with Crippen LogP contribution in [-0.4, -0.2) is 60.5 Å². The molecular formula is C18H26N4O. The van der Waals surface area contributed by atoms with Crippen LogP contribution in [0, 0.1) is 0 Å². The van der Waals surface area contributed by atoms with Crippen LogP contribution < -0.4 is 5.32 Å². The van der Waals surface area contributed by atoms with Gasteiger partial charge in [0.05, 0.1) is 6.54 Å². The highest BCUT2D eigenvalue weighted by atomic mass is 16.1. The number of aromatic amines is 1. The average molecular weight is 314 g/mol. The third kappa shape index (κ3) is 3.92. The maximum atomic E-state index is 11.4. The molecule has 1 saturated heterocycles. The molecule has 0 atom stereocenters. The highest BCUT2D eigenvalue weighted by Gasteiger charge is 2.18. The maximum absolute atomic E-state index is 11.4. The van der Waals surface area contributed by atoms with E-state index >= 15 is 0 Å². The first kappa shape index (κ1) is 16.0. The Morgan fingerprint density at radius 1 is 1.17 bits per heavy atom. The van der Waals surface area contributed by atoms with E-state index < -0.39 is 0 Å². The number of nitrogens with one attached hydrogen (secondary N) is 2. The van der Waals surface area contributed by atoms with Crippen LogP contribution in [0.2, 0.25) is 0 Å². The Kier molecular flexibility index (Phi) is 4.98. The Bertz CT molecular complexity index is 671. The molecule has 0 spiro atoms. The molecule has 1 aliphatic rings. The summed E-state index contributed by atoms with van der Waals surface area (Å²) in [5, 5.41) is 3.99. The van der Waals surface area contributed by atoms with Gasteiger partial charge in [-0.2, -0.15) is 0 Å². The molecule has 2 aromatic rings.